The van der Waals surface area contributed by atoms with Gasteiger partial charge in [0.2, 0.25) is 0 Å². The van der Waals surface area contributed by atoms with Gasteiger partial charge in [-0.05, 0) is 36.2 Å². The molecule has 0 radical (unpaired) electrons. The summed E-state index contributed by atoms with van der Waals surface area (Å²) in [6, 6.07) is 13.1. The molecule has 0 saturated carbocycles. The number of rotatable bonds is 5. The molecule has 2 aromatic carbocycles. The molecule has 0 spiro atoms. The second-order valence-electron chi connectivity index (χ2n) is 4.90. The number of fused-ring (bicyclic) bond motifs is 1. The lowest BCUT2D eigenvalue weighted by molar-refractivity contribution is -0.129. The highest BCUT2D eigenvalue weighted by molar-refractivity contribution is 5.96. The predicted octanol–water partition coefficient (Wildman–Crippen LogP) is 2.91. The smallest absolute Gasteiger partial charge is 0.338 e. The van der Waals surface area contributed by atoms with E-state index in [9.17, 15) is 9.59 Å². The van der Waals surface area contributed by atoms with Crippen molar-refractivity contribution in [1.29, 1.82) is 0 Å². The largest absolute Gasteiger partial charge is 0.449 e. The van der Waals surface area contributed by atoms with Crippen LogP contribution in [-0.2, 0) is 9.53 Å². The highest BCUT2D eigenvalue weighted by Crippen LogP contribution is 2.16. The maximum atomic E-state index is 12.1. The number of ether oxygens (including phenoxy) is 1. The minimum atomic E-state index is -0.796. The van der Waals surface area contributed by atoms with E-state index < -0.39 is 12.1 Å². The summed E-state index contributed by atoms with van der Waals surface area (Å²) in [5, 5.41) is 4.73. The van der Waals surface area contributed by atoms with E-state index in [1.165, 1.54) is 0 Å². The minimum Gasteiger partial charge on any atom is -0.449 e. The Balaban J connectivity index is 2.06. The second-order valence-corrected chi connectivity index (χ2v) is 4.90. The first-order valence-corrected chi connectivity index (χ1v) is 7.09. The van der Waals surface area contributed by atoms with Gasteiger partial charge < -0.3 is 10.1 Å². The minimum absolute atomic E-state index is 0.272. The average Bonchev–Trinajstić information content (AvgIpc) is 2.51. The lowest BCUT2D eigenvalue weighted by Gasteiger charge is -2.13. The number of amides is 1. The fraction of sp³-hybridized carbons (Fsp3) is 0.294. The summed E-state index contributed by atoms with van der Waals surface area (Å²) in [6.07, 6.45) is 0.0485. The normalized spacial score (nSPS) is 11.9. The first-order valence-electron chi connectivity index (χ1n) is 7.09. The molecule has 0 aliphatic carbocycles. The number of esters is 1. The molecular weight excluding hydrogens is 266 g/mol. The van der Waals surface area contributed by atoms with E-state index in [1.54, 1.807) is 19.1 Å². The maximum absolute atomic E-state index is 12.1. The zero-order valence-electron chi connectivity index (χ0n) is 12.3. The van der Waals surface area contributed by atoms with Crippen molar-refractivity contribution < 1.29 is 14.3 Å². The van der Waals surface area contributed by atoms with Gasteiger partial charge in [0.05, 0.1) is 5.56 Å². The van der Waals surface area contributed by atoms with Crippen LogP contribution in [0.3, 0.4) is 0 Å². The van der Waals surface area contributed by atoms with Crippen LogP contribution >= 0.6 is 0 Å². The fourth-order valence-corrected chi connectivity index (χ4v) is 1.99. The van der Waals surface area contributed by atoms with Crippen molar-refractivity contribution in [2.75, 3.05) is 6.54 Å². The van der Waals surface area contributed by atoms with Gasteiger partial charge in [0.15, 0.2) is 6.10 Å². The van der Waals surface area contributed by atoms with Crippen molar-refractivity contribution >= 4 is 22.6 Å². The molecule has 0 fully saturated rings. The van der Waals surface area contributed by atoms with Gasteiger partial charge in [0, 0.05) is 6.54 Å². The summed E-state index contributed by atoms with van der Waals surface area (Å²) in [5.74, 6) is -0.758. The zero-order valence-corrected chi connectivity index (χ0v) is 12.3. The summed E-state index contributed by atoms with van der Waals surface area (Å²) in [4.78, 5) is 23.8. The lowest BCUT2D eigenvalue weighted by atomic mass is 10.1. The molecule has 0 heterocycles. The lowest BCUT2D eigenvalue weighted by Crippen LogP contribution is -2.36. The summed E-state index contributed by atoms with van der Waals surface area (Å²) in [7, 11) is 0. The molecule has 0 aliphatic rings. The average molecular weight is 285 g/mol. The molecule has 21 heavy (non-hydrogen) atoms. The Morgan fingerprint density at radius 2 is 1.86 bits per heavy atom. The first-order chi connectivity index (χ1) is 10.1. The molecule has 110 valence electrons. The van der Waals surface area contributed by atoms with Crippen LogP contribution in [0.4, 0.5) is 0 Å². The van der Waals surface area contributed by atoms with Crippen molar-refractivity contribution in [3.63, 3.8) is 0 Å². The molecular formula is C17H19NO3. The first kappa shape index (κ1) is 15.0. The van der Waals surface area contributed by atoms with Crippen LogP contribution in [-0.4, -0.2) is 24.5 Å². The zero-order chi connectivity index (χ0) is 15.2. The van der Waals surface area contributed by atoms with Gasteiger partial charge in [0.25, 0.3) is 5.91 Å². The van der Waals surface area contributed by atoms with E-state index in [2.05, 4.69) is 5.32 Å². The Hall–Kier alpha value is -2.36. The van der Waals surface area contributed by atoms with Crippen LogP contribution < -0.4 is 5.32 Å². The number of benzene rings is 2. The summed E-state index contributed by atoms with van der Waals surface area (Å²) < 4.78 is 5.19. The van der Waals surface area contributed by atoms with Gasteiger partial charge in [0.1, 0.15) is 0 Å². The molecule has 2 rings (SSSR count). The monoisotopic (exact) mass is 285 g/mol. The maximum Gasteiger partial charge on any atom is 0.338 e. The summed E-state index contributed by atoms with van der Waals surface area (Å²) in [5.41, 5.74) is 0.448. The van der Waals surface area contributed by atoms with Gasteiger partial charge in [-0.2, -0.15) is 0 Å². The Morgan fingerprint density at radius 1 is 1.14 bits per heavy atom. The third kappa shape index (κ3) is 3.81. The molecule has 0 aromatic heterocycles. The van der Waals surface area contributed by atoms with Gasteiger partial charge in [-0.25, -0.2) is 4.79 Å². The molecule has 4 heteroatoms. The number of hydrogen-bond acceptors (Lipinski definition) is 3. The molecule has 2 aromatic rings. The Labute approximate surface area is 124 Å². The third-order valence-electron chi connectivity index (χ3n) is 3.19. The molecule has 4 nitrogen and oxygen atoms in total. The Morgan fingerprint density at radius 3 is 2.57 bits per heavy atom. The Bertz CT molecular complexity index is 651. The highest BCUT2D eigenvalue weighted by Gasteiger charge is 2.18. The van der Waals surface area contributed by atoms with Crippen LogP contribution in [0, 0.1) is 0 Å². The van der Waals surface area contributed by atoms with Crippen molar-refractivity contribution in [2.45, 2.75) is 26.4 Å². The van der Waals surface area contributed by atoms with Crippen LogP contribution in [0.15, 0.2) is 42.5 Å². The quantitative estimate of drug-likeness (QED) is 0.859. The highest BCUT2D eigenvalue weighted by atomic mass is 16.5. The molecule has 1 unspecified atom stereocenters. The summed E-state index contributed by atoms with van der Waals surface area (Å²) in [6.45, 7) is 4.12. The standard InChI is InChI=1S/C17H19NO3/c1-3-10-18-16(19)12(2)21-17(20)15-9-8-13-6-4-5-7-14(13)11-15/h4-9,11-12H,3,10H2,1-2H3,(H,18,19). The van der Waals surface area contributed by atoms with Gasteiger partial charge in [-0.15, -0.1) is 0 Å². The number of carbonyl (C=O) groups excluding carboxylic acids is 2. The fourth-order valence-electron chi connectivity index (χ4n) is 1.99. The van der Waals surface area contributed by atoms with Gasteiger partial charge in [-0.3, -0.25) is 4.79 Å². The van der Waals surface area contributed by atoms with Crippen molar-refractivity contribution in [3.05, 3.63) is 48.0 Å². The van der Waals surface area contributed by atoms with E-state index in [0.29, 0.717) is 12.1 Å². The number of hydrogen-bond donors (Lipinski definition) is 1. The molecule has 1 N–H and O–H groups in total. The van der Waals surface area contributed by atoms with Crippen LogP contribution in [0.25, 0.3) is 10.8 Å². The van der Waals surface area contributed by atoms with Crippen molar-refractivity contribution in [1.82, 2.24) is 5.32 Å². The molecule has 0 saturated heterocycles. The molecule has 1 atom stereocenters. The van der Waals surface area contributed by atoms with E-state index in [1.807, 2.05) is 37.3 Å². The van der Waals surface area contributed by atoms with Crippen LogP contribution in [0.2, 0.25) is 0 Å². The van der Waals surface area contributed by atoms with E-state index >= 15 is 0 Å². The molecule has 1 amide bonds. The molecule has 0 bridgehead atoms. The van der Waals surface area contributed by atoms with Crippen LogP contribution in [0.5, 0.6) is 0 Å². The van der Waals surface area contributed by atoms with Crippen molar-refractivity contribution in [3.8, 4) is 0 Å². The predicted molar refractivity (Wildman–Crippen MR) is 82.1 cm³/mol. The third-order valence-corrected chi connectivity index (χ3v) is 3.19. The SMILES string of the molecule is CCCNC(=O)C(C)OC(=O)c1ccc2ccccc2c1. The second kappa shape index (κ2) is 6.88. The molecule has 0 aliphatic heterocycles. The van der Waals surface area contributed by atoms with E-state index in [4.69, 9.17) is 4.74 Å². The number of nitrogens with one attached hydrogen (secondary N) is 1. The topological polar surface area (TPSA) is 55.4 Å². The van der Waals surface area contributed by atoms with Gasteiger partial charge >= 0.3 is 5.97 Å². The number of carbonyl (C=O) groups is 2. The van der Waals surface area contributed by atoms with E-state index in [-0.39, 0.29) is 5.91 Å². The summed E-state index contributed by atoms with van der Waals surface area (Å²) >= 11 is 0. The van der Waals surface area contributed by atoms with E-state index in [0.717, 1.165) is 17.2 Å². The Kier molecular flexibility index (Phi) is 4.93. The van der Waals surface area contributed by atoms with Crippen molar-refractivity contribution in [2.24, 2.45) is 0 Å². The van der Waals surface area contributed by atoms with Gasteiger partial charge in [-0.1, -0.05) is 37.3 Å². The van der Waals surface area contributed by atoms with Crippen LogP contribution in [0.1, 0.15) is 30.6 Å².